The molecule has 50 valence electrons. The Morgan fingerprint density at radius 3 is 2.38 bits per heavy atom. The van der Waals surface area contributed by atoms with Crippen molar-refractivity contribution in [3.8, 4) is 0 Å². The molecule has 0 spiro atoms. The fourth-order valence-corrected chi connectivity index (χ4v) is 1.46. The monoisotopic (exact) mass is 175 g/mol. The Bertz CT molecular complexity index is 108. The lowest BCUT2D eigenvalue weighted by molar-refractivity contribution is 0.265. The number of hydrogen-bond acceptors (Lipinski definition) is 1. The first-order chi connectivity index (χ1) is 3.62. The van der Waals surface area contributed by atoms with Crippen LogP contribution in [0, 0.1) is 0 Å². The van der Waals surface area contributed by atoms with Gasteiger partial charge in [-0.15, -0.1) is 0 Å². The summed E-state index contributed by atoms with van der Waals surface area (Å²) in [4.78, 5) is 17.3. The second-order valence-corrected chi connectivity index (χ2v) is 5.78. The van der Waals surface area contributed by atoms with E-state index >= 15 is 0 Å². The van der Waals surface area contributed by atoms with E-state index in [1.165, 1.54) is 0 Å². The van der Waals surface area contributed by atoms with E-state index in [2.05, 4.69) is 16.2 Å². The fraction of sp³-hybridized carbons (Fsp3) is 1.00. The quantitative estimate of drug-likeness (QED) is 0.249. The van der Waals surface area contributed by atoms with Gasteiger partial charge >= 0.3 is 16.7 Å². The van der Waals surface area contributed by atoms with Crippen LogP contribution in [0.1, 0.15) is 6.92 Å². The summed E-state index contributed by atoms with van der Waals surface area (Å²) in [6, 6.07) is 0. The summed E-state index contributed by atoms with van der Waals surface area (Å²) in [5.41, 5.74) is 0. The second-order valence-electron chi connectivity index (χ2n) is 0.990. The van der Waals surface area contributed by atoms with E-state index < -0.39 is 6.72 Å². The van der Waals surface area contributed by atoms with Crippen LogP contribution in [0.25, 0.3) is 0 Å². The predicted octanol–water partition coefficient (Wildman–Crippen LogP) is 0.612. The van der Waals surface area contributed by atoms with Crippen molar-refractivity contribution in [3.63, 3.8) is 0 Å². The Morgan fingerprint density at radius 2 is 2.25 bits per heavy atom. The van der Waals surface area contributed by atoms with E-state index in [4.69, 9.17) is 9.79 Å². The van der Waals surface area contributed by atoms with Gasteiger partial charge in [-0.2, -0.15) is 0 Å². The van der Waals surface area contributed by atoms with Crippen LogP contribution in [0.15, 0.2) is 0 Å². The molecule has 0 heterocycles. The molecule has 0 bridgehead atoms. The molecule has 8 heavy (non-hydrogen) atoms. The molecule has 0 amide bonds. The molecule has 3 nitrogen and oxygen atoms in total. The van der Waals surface area contributed by atoms with Crippen molar-refractivity contribution in [2.75, 3.05) is 6.61 Å². The molecule has 0 aromatic carbocycles. The topological polar surface area (TPSA) is 49.7 Å². The van der Waals surface area contributed by atoms with Crippen LogP contribution in [0.3, 0.4) is 0 Å². The molecule has 0 aromatic rings. The molecule has 0 rings (SSSR count). The van der Waals surface area contributed by atoms with E-state index in [0.29, 0.717) is 16.6 Å². The zero-order valence-electron chi connectivity index (χ0n) is 4.31. The first kappa shape index (κ1) is 8.88. The third kappa shape index (κ3) is 3.83. The van der Waals surface area contributed by atoms with Crippen LogP contribution in [0.4, 0.5) is 0 Å². The molecule has 0 atom stereocenters. The number of rotatable bonds is 2. The van der Waals surface area contributed by atoms with Crippen LogP contribution in [-0.2, 0) is 14.5 Å². The highest BCUT2D eigenvalue weighted by atomic mass is 33.2. The minimum atomic E-state index is -3.14. The van der Waals surface area contributed by atoms with Crippen molar-refractivity contribution >= 4 is 28.4 Å². The highest BCUT2D eigenvalue weighted by Gasteiger charge is 2.22. The molecule has 6 heteroatoms. The van der Waals surface area contributed by atoms with Crippen LogP contribution < -0.4 is 0 Å². The summed E-state index contributed by atoms with van der Waals surface area (Å²) < 4.78 is 4.49. The van der Waals surface area contributed by atoms with Gasteiger partial charge in [0.2, 0.25) is 0 Å². The van der Waals surface area contributed by atoms with Gasteiger partial charge in [-0.05, 0) is 6.92 Å². The molecule has 0 aliphatic rings. The maximum Gasteiger partial charge on any atom is 0.532 e. The van der Waals surface area contributed by atoms with Gasteiger partial charge in [-0.25, -0.2) is 0 Å². The first-order valence-electron chi connectivity index (χ1n) is 1.94. The Hall–Kier alpha value is 0.880. The Morgan fingerprint density at radius 1 is 1.75 bits per heavy atom. The Balaban J connectivity index is 3.74. The first-order valence-corrected chi connectivity index (χ1v) is 6.03. The molecule has 0 aromatic heterocycles. The van der Waals surface area contributed by atoms with Gasteiger partial charge in [0.1, 0.15) is 0 Å². The summed E-state index contributed by atoms with van der Waals surface area (Å²) in [6.45, 7) is -1.16. The average Bonchev–Trinajstić information content (AvgIpc) is 1.67. The molecular formula is C2H8O3PS2+. The van der Waals surface area contributed by atoms with Gasteiger partial charge in [0.25, 0.3) is 0 Å². The highest BCUT2D eigenvalue weighted by Crippen LogP contribution is 2.39. The van der Waals surface area contributed by atoms with Crippen LogP contribution in [-0.4, -0.2) is 16.4 Å². The minimum absolute atomic E-state index is 0.300. The van der Waals surface area contributed by atoms with Crippen molar-refractivity contribution in [3.05, 3.63) is 0 Å². The largest absolute Gasteiger partial charge is 0.532 e. The molecule has 0 unspecified atom stereocenters. The van der Waals surface area contributed by atoms with E-state index in [1.54, 1.807) is 6.92 Å². The number of hydrogen-bond donors (Lipinski definition) is 3. The van der Waals surface area contributed by atoms with E-state index in [9.17, 15) is 0 Å². The Kier molecular flexibility index (Phi) is 4.24. The zero-order chi connectivity index (χ0) is 6.62. The molecule has 0 radical (unpaired) electrons. The van der Waals surface area contributed by atoms with Crippen molar-refractivity contribution in [1.29, 1.82) is 0 Å². The molecule has 0 saturated heterocycles. The molecule has 0 saturated carbocycles. The normalized spacial score (nSPS) is 11.5. The lowest BCUT2D eigenvalue weighted by atomic mass is 10.9. The average molecular weight is 175 g/mol. The van der Waals surface area contributed by atoms with Crippen LogP contribution in [0.2, 0.25) is 0 Å². The summed E-state index contributed by atoms with van der Waals surface area (Å²) in [7, 11) is 0.646. The molecule has 0 aliphatic heterocycles. The van der Waals surface area contributed by atoms with E-state index in [-0.39, 0.29) is 0 Å². The summed E-state index contributed by atoms with van der Waals surface area (Å²) in [5, 5.41) is 0. The van der Waals surface area contributed by atoms with Gasteiger partial charge in [-0.1, -0.05) is 0 Å². The van der Waals surface area contributed by atoms with E-state index in [1.807, 2.05) is 0 Å². The molecule has 2 N–H and O–H groups in total. The summed E-state index contributed by atoms with van der Waals surface area (Å²) in [6.07, 6.45) is 0. The Labute approximate surface area is 56.7 Å². The van der Waals surface area contributed by atoms with Gasteiger partial charge < -0.3 is 0 Å². The van der Waals surface area contributed by atoms with Gasteiger partial charge in [0.05, 0.1) is 6.61 Å². The maximum atomic E-state index is 8.65. The van der Waals surface area contributed by atoms with Crippen LogP contribution >= 0.6 is 18.4 Å². The minimum Gasteiger partial charge on any atom is -0.289 e. The maximum absolute atomic E-state index is 8.65. The highest BCUT2D eigenvalue weighted by molar-refractivity contribution is 8.67. The van der Waals surface area contributed by atoms with Crippen molar-refractivity contribution < 1.29 is 14.3 Å². The van der Waals surface area contributed by atoms with E-state index in [0.717, 1.165) is 0 Å². The standard InChI is InChI=1S/C2H8O3PS2/c1-2-5-6(3,4)8-7/h3-4,7H,2H2,1H3/q+1. The van der Waals surface area contributed by atoms with Gasteiger partial charge in [-0.3, -0.25) is 14.3 Å². The summed E-state index contributed by atoms with van der Waals surface area (Å²) in [5.74, 6) is 0. The number of thiol groups is 1. The SMILES string of the molecule is CCOP(O)(O)=[S+]S. The molecule has 0 fully saturated rings. The fourth-order valence-electron chi connectivity index (χ4n) is 0.192. The van der Waals surface area contributed by atoms with Crippen LogP contribution in [0.5, 0.6) is 0 Å². The van der Waals surface area contributed by atoms with Crippen molar-refractivity contribution in [2.45, 2.75) is 6.92 Å². The van der Waals surface area contributed by atoms with Gasteiger partial charge in [0.15, 0.2) is 11.7 Å². The predicted molar refractivity (Wildman–Crippen MR) is 39.3 cm³/mol. The second kappa shape index (κ2) is 3.82. The summed E-state index contributed by atoms with van der Waals surface area (Å²) >= 11 is 3.58. The lowest BCUT2D eigenvalue weighted by Gasteiger charge is -1.95. The third-order valence-electron chi connectivity index (χ3n) is 0.404. The third-order valence-corrected chi connectivity index (χ3v) is 4.08. The smallest absolute Gasteiger partial charge is 0.289 e. The van der Waals surface area contributed by atoms with Crippen molar-refractivity contribution in [2.24, 2.45) is 0 Å². The molecular weight excluding hydrogens is 167 g/mol. The molecule has 0 aliphatic carbocycles. The lowest BCUT2D eigenvalue weighted by Crippen LogP contribution is -1.85. The van der Waals surface area contributed by atoms with Gasteiger partial charge in [0, 0.05) is 0 Å². The zero-order valence-corrected chi connectivity index (χ0v) is 6.92. The van der Waals surface area contributed by atoms with Crippen molar-refractivity contribution in [1.82, 2.24) is 0 Å².